The summed E-state index contributed by atoms with van der Waals surface area (Å²) in [6.45, 7) is 5.80. The second-order valence-electron chi connectivity index (χ2n) is 7.99. The molecule has 7 nitrogen and oxygen atoms in total. The van der Waals surface area contributed by atoms with Crippen molar-refractivity contribution in [1.29, 1.82) is 0 Å². The molecule has 4 rings (SSSR count). The van der Waals surface area contributed by atoms with Crippen LogP contribution in [0.2, 0.25) is 0 Å². The Kier molecular flexibility index (Phi) is 5.85. The highest BCUT2D eigenvalue weighted by Crippen LogP contribution is 2.45. The van der Waals surface area contributed by atoms with Crippen LogP contribution in [0.15, 0.2) is 24.3 Å². The fourth-order valence-corrected chi connectivity index (χ4v) is 5.69. The maximum Gasteiger partial charge on any atom is 0.341 e. The normalized spacial score (nSPS) is 24.2. The van der Waals surface area contributed by atoms with Crippen molar-refractivity contribution in [1.82, 2.24) is 0 Å². The number of nitrogens with one attached hydrogen (secondary N) is 1. The number of hydrogen-bond acceptors (Lipinski definition) is 6. The van der Waals surface area contributed by atoms with E-state index in [0.29, 0.717) is 23.4 Å². The van der Waals surface area contributed by atoms with Gasteiger partial charge < -0.3 is 19.9 Å². The molecule has 2 bridgehead atoms. The van der Waals surface area contributed by atoms with Crippen molar-refractivity contribution in [2.24, 2.45) is 11.8 Å². The number of aliphatic carboxylic acids is 1. The molecule has 4 atom stereocenters. The Bertz CT molecular complexity index is 1030. The van der Waals surface area contributed by atoms with Crippen LogP contribution in [0.25, 0.3) is 11.1 Å². The standard InChI is InChI=1S/C23H25NO6S/c1-4-29-23(28)19-16(13-7-5-11(2)6-8-13)12(3)31-21(19)24-20(25)17-14-9-10-15(30-14)18(17)22(26)27/h5-8,14-15,17-18H,4,9-10H2,1-3H3,(H,24,25)(H,26,27)/t14-,15-,17+,18+/m1/s1. The van der Waals surface area contributed by atoms with Crippen LogP contribution in [0.4, 0.5) is 5.00 Å². The quantitative estimate of drug-likeness (QED) is 0.654. The third-order valence-electron chi connectivity index (χ3n) is 6.00. The van der Waals surface area contributed by atoms with E-state index in [-0.39, 0.29) is 6.61 Å². The molecule has 2 aromatic rings. The van der Waals surface area contributed by atoms with Gasteiger partial charge in [-0.1, -0.05) is 29.8 Å². The van der Waals surface area contributed by atoms with Crippen LogP contribution < -0.4 is 5.32 Å². The zero-order chi connectivity index (χ0) is 22.3. The second kappa shape index (κ2) is 8.43. The number of esters is 1. The van der Waals surface area contributed by atoms with Crippen molar-refractivity contribution in [2.75, 3.05) is 11.9 Å². The van der Waals surface area contributed by atoms with Crippen LogP contribution in [0.5, 0.6) is 0 Å². The number of amides is 1. The van der Waals surface area contributed by atoms with Gasteiger partial charge in [0.15, 0.2) is 0 Å². The van der Waals surface area contributed by atoms with E-state index in [1.54, 1.807) is 6.92 Å². The number of carbonyl (C=O) groups excluding carboxylic acids is 2. The molecule has 3 heterocycles. The molecule has 1 aromatic heterocycles. The smallest absolute Gasteiger partial charge is 0.341 e. The van der Waals surface area contributed by atoms with Crippen LogP contribution in [-0.2, 0) is 19.1 Å². The van der Waals surface area contributed by atoms with Gasteiger partial charge >= 0.3 is 11.9 Å². The van der Waals surface area contributed by atoms with E-state index >= 15 is 0 Å². The summed E-state index contributed by atoms with van der Waals surface area (Å²) >= 11 is 1.29. The molecule has 8 heteroatoms. The fraction of sp³-hybridized carbons (Fsp3) is 0.435. The van der Waals surface area contributed by atoms with Gasteiger partial charge in [0.05, 0.1) is 30.7 Å². The Labute approximate surface area is 184 Å². The summed E-state index contributed by atoms with van der Waals surface area (Å²) in [6.07, 6.45) is 0.468. The molecule has 0 unspecified atom stereocenters. The number of carbonyl (C=O) groups is 3. The third kappa shape index (κ3) is 3.85. The zero-order valence-electron chi connectivity index (χ0n) is 17.6. The summed E-state index contributed by atoms with van der Waals surface area (Å²) in [7, 11) is 0. The lowest BCUT2D eigenvalue weighted by atomic mass is 9.78. The lowest BCUT2D eigenvalue weighted by molar-refractivity contribution is -0.147. The number of ether oxygens (including phenoxy) is 2. The molecule has 2 N–H and O–H groups in total. The van der Waals surface area contributed by atoms with Crippen LogP contribution >= 0.6 is 11.3 Å². The number of fused-ring (bicyclic) bond motifs is 2. The first-order chi connectivity index (χ1) is 14.8. The third-order valence-corrected chi connectivity index (χ3v) is 7.02. The van der Waals surface area contributed by atoms with Gasteiger partial charge in [0, 0.05) is 10.4 Å². The number of carboxylic acids is 1. The Balaban J connectivity index is 1.70. The van der Waals surface area contributed by atoms with E-state index in [1.165, 1.54) is 11.3 Å². The van der Waals surface area contributed by atoms with E-state index < -0.39 is 41.9 Å². The van der Waals surface area contributed by atoms with Crippen molar-refractivity contribution in [3.05, 3.63) is 40.3 Å². The topological polar surface area (TPSA) is 102 Å². The predicted molar refractivity (Wildman–Crippen MR) is 116 cm³/mol. The molecule has 1 amide bonds. The first-order valence-electron chi connectivity index (χ1n) is 10.4. The highest BCUT2D eigenvalue weighted by atomic mass is 32.1. The summed E-state index contributed by atoms with van der Waals surface area (Å²) in [5.41, 5.74) is 2.98. The van der Waals surface area contributed by atoms with Gasteiger partial charge in [-0.25, -0.2) is 4.79 Å². The summed E-state index contributed by atoms with van der Waals surface area (Å²) in [6, 6.07) is 7.79. The molecular formula is C23H25NO6S. The van der Waals surface area contributed by atoms with E-state index in [9.17, 15) is 19.5 Å². The number of benzene rings is 1. The molecule has 2 fully saturated rings. The lowest BCUT2D eigenvalue weighted by Crippen LogP contribution is -2.41. The number of aryl methyl sites for hydroxylation is 2. The van der Waals surface area contributed by atoms with Crippen LogP contribution in [0.1, 0.15) is 40.6 Å². The Morgan fingerprint density at radius 1 is 1.13 bits per heavy atom. The molecule has 1 aromatic carbocycles. The minimum Gasteiger partial charge on any atom is -0.481 e. The summed E-state index contributed by atoms with van der Waals surface area (Å²) in [4.78, 5) is 38.6. The molecule has 0 saturated carbocycles. The summed E-state index contributed by atoms with van der Waals surface area (Å²) in [5.74, 6) is -3.63. The largest absolute Gasteiger partial charge is 0.481 e. The van der Waals surface area contributed by atoms with Crippen molar-refractivity contribution < 1.29 is 29.0 Å². The molecule has 0 aliphatic carbocycles. The van der Waals surface area contributed by atoms with Gasteiger partial charge in [0.1, 0.15) is 10.6 Å². The SMILES string of the molecule is CCOC(=O)c1c(NC(=O)[C@@H]2[C@@H](C(=O)O)[C@H]3CC[C@H]2O3)sc(C)c1-c1ccc(C)cc1. The van der Waals surface area contributed by atoms with E-state index in [2.05, 4.69) is 5.32 Å². The van der Waals surface area contributed by atoms with Gasteiger partial charge in [-0.3, -0.25) is 9.59 Å². The average molecular weight is 444 g/mol. The second-order valence-corrected chi connectivity index (χ2v) is 9.22. The van der Waals surface area contributed by atoms with Crippen molar-refractivity contribution >= 4 is 34.2 Å². The minimum atomic E-state index is -1.03. The monoisotopic (exact) mass is 443 g/mol. The van der Waals surface area contributed by atoms with Gasteiger partial charge in [-0.05, 0) is 39.2 Å². The molecule has 2 saturated heterocycles. The lowest BCUT2D eigenvalue weighted by Gasteiger charge is -2.23. The van der Waals surface area contributed by atoms with Gasteiger partial charge in [0.2, 0.25) is 5.91 Å². The maximum atomic E-state index is 13.2. The number of rotatable bonds is 6. The number of carboxylic acid groups (broad SMARTS) is 1. The van der Waals surface area contributed by atoms with E-state index in [0.717, 1.165) is 21.6 Å². The first kappa shape index (κ1) is 21.5. The number of thiophene rings is 1. The van der Waals surface area contributed by atoms with Crippen LogP contribution in [0.3, 0.4) is 0 Å². The first-order valence-corrected chi connectivity index (χ1v) is 11.2. The molecular weight excluding hydrogens is 418 g/mol. The fourth-order valence-electron chi connectivity index (χ4n) is 4.62. The van der Waals surface area contributed by atoms with Gasteiger partial charge in [0.25, 0.3) is 0 Å². The van der Waals surface area contributed by atoms with Gasteiger partial charge in [-0.15, -0.1) is 11.3 Å². The van der Waals surface area contributed by atoms with E-state index in [4.69, 9.17) is 9.47 Å². The highest BCUT2D eigenvalue weighted by Gasteiger charge is 2.55. The number of anilines is 1. The van der Waals surface area contributed by atoms with Crippen LogP contribution in [-0.4, -0.2) is 41.8 Å². The van der Waals surface area contributed by atoms with Crippen molar-refractivity contribution in [2.45, 2.75) is 45.8 Å². The molecule has 0 spiro atoms. The Morgan fingerprint density at radius 2 is 1.77 bits per heavy atom. The van der Waals surface area contributed by atoms with Gasteiger partial charge in [-0.2, -0.15) is 0 Å². The van der Waals surface area contributed by atoms with E-state index in [1.807, 2.05) is 38.1 Å². The molecule has 2 aliphatic rings. The molecule has 2 aliphatic heterocycles. The Morgan fingerprint density at radius 3 is 2.39 bits per heavy atom. The zero-order valence-corrected chi connectivity index (χ0v) is 18.5. The average Bonchev–Trinajstić information content (AvgIpc) is 3.41. The highest BCUT2D eigenvalue weighted by molar-refractivity contribution is 7.17. The summed E-state index contributed by atoms with van der Waals surface area (Å²) in [5, 5.41) is 12.8. The minimum absolute atomic E-state index is 0.204. The molecule has 31 heavy (non-hydrogen) atoms. The van der Waals surface area contributed by atoms with Crippen LogP contribution in [0, 0.1) is 25.7 Å². The number of hydrogen-bond donors (Lipinski definition) is 2. The maximum absolute atomic E-state index is 13.2. The predicted octanol–water partition coefficient (Wildman–Crippen LogP) is 4.03. The van der Waals surface area contributed by atoms with Crippen molar-refractivity contribution in [3.63, 3.8) is 0 Å². The Hall–Kier alpha value is -2.71. The summed E-state index contributed by atoms with van der Waals surface area (Å²) < 4.78 is 11.0. The van der Waals surface area contributed by atoms with Crippen molar-refractivity contribution in [3.8, 4) is 11.1 Å². The molecule has 164 valence electrons. The molecule has 0 radical (unpaired) electrons.